The summed E-state index contributed by atoms with van der Waals surface area (Å²) in [6, 6.07) is 6.82. The molecule has 23 heavy (non-hydrogen) atoms. The van der Waals surface area contributed by atoms with Gasteiger partial charge in [-0.1, -0.05) is 28.4 Å². The largest absolute Gasteiger partial charge is 0.294 e. The number of nitrogens with zero attached hydrogens (tertiary/aromatic N) is 5. The Balaban J connectivity index is 2.19. The van der Waals surface area contributed by atoms with Gasteiger partial charge >= 0.3 is 0 Å². The van der Waals surface area contributed by atoms with Crippen molar-refractivity contribution in [3.05, 3.63) is 57.1 Å². The van der Waals surface area contributed by atoms with Crippen LogP contribution in [-0.4, -0.2) is 24.4 Å². The number of hydrogen-bond acceptors (Lipinski definition) is 4. The third-order valence-electron chi connectivity index (χ3n) is 3.71. The lowest BCUT2D eigenvalue weighted by molar-refractivity contribution is 0.823. The third-order valence-corrected chi connectivity index (χ3v) is 4.25. The van der Waals surface area contributed by atoms with Crippen LogP contribution in [0.5, 0.6) is 0 Å². The Hall–Kier alpha value is -2.44. The Kier molecular flexibility index (Phi) is 3.11. The quantitative estimate of drug-likeness (QED) is 0.532. The number of aryl methyl sites for hydroxylation is 1. The SMILES string of the molecule is Cn1c(=O)c2cc(Cl)ccc2n2nnc(-c3ccncc3Cl)c12. The van der Waals surface area contributed by atoms with E-state index in [4.69, 9.17) is 23.2 Å². The van der Waals surface area contributed by atoms with E-state index in [1.165, 1.54) is 10.8 Å². The number of aromatic nitrogens is 5. The van der Waals surface area contributed by atoms with E-state index in [-0.39, 0.29) is 5.56 Å². The van der Waals surface area contributed by atoms with Gasteiger partial charge in [-0.25, -0.2) is 0 Å². The lowest BCUT2D eigenvalue weighted by Gasteiger charge is -2.07. The van der Waals surface area contributed by atoms with Gasteiger partial charge in [0.15, 0.2) is 5.65 Å². The molecule has 8 heteroatoms. The van der Waals surface area contributed by atoms with Gasteiger partial charge in [-0.3, -0.25) is 14.3 Å². The summed E-state index contributed by atoms with van der Waals surface area (Å²) in [6.07, 6.45) is 3.15. The van der Waals surface area contributed by atoms with E-state index < -0.39 is 0 Å². The van der Waals surface area contributed by atoms with Crippen molar-refractivity contribution in [1.82, 2.24) is 24.4 Å². The Morgan fingerprint density at radius 1 is 1.17 bits per heavy atom. The molecule has 0 unspecified atom stereocenters. The van der Waals surface area contributed by atoms with Gasteiger partial charge in [0.1, 0.15) is 5.69 Å². The minimum Gasteiger partial charge on any atom is -0.294 e. The molecule has 4 rings (SSSR count). The van der Waals surface area contributed by atoms with Crippen molar-refractivity contribution in [3.8, 4) is 11.3 Å². The number of hydrogen-bond donors (Lipinski definition) is 0. The van der Waals surface area contributed by atoms with Crippen LogP contribution in [0.2, 0.25) is 10.0 Å². The van der Waals surface area contributed by atoms with Crippen molar-refractivity contribution in [2.45, 2.75) is 0 Å². The molecule has 114 valence electrons. The van der Waals surface area contributed by atoms with Crippen LogP contribution in [0.4, 0.5) is 0 Å². The molecule has 0 saturated carbocycles. The molecule has 6 nitrogen and oxygen atoms in total. The van der Waals surface area contributed by atoms with E-state index in [1.54, 1.807) is 42.0 Å². The second kappa shape index (κ2) is 5.04. The third kappa shape index (κ3) is 2.03. The summed E-state index contributed by atoms with van der Waals surface area (Å²) in [5, 5.41) is 9.80. The van der Waals surface area contributed by atoms with Gasteiger partial charge in [0.05, 0.1) is 15.9 Å². The average molecular weight is 346 g/mol. The lowest BCUT2D eigenvalue weighted by Crippen LogP contribution is -2.20. The molecule has 0 N–H and O–H groups in total. The van der Waals surface area contributed by atoms with Gasteiger partial charge in [-0.2, -0.15) is 4.52 Å². The zero-order chi connectivity index (χ0) is 16.1. The maximum atomic E-state index is 12.7. The molecule has 0 amide bonds. The van der Waals surface area contributed by atoms with E-state index in [9.17, 15) is 4.79 Å². The highest BCUT2D eigenvalue weighted by molar-refractivity contribution is 6.33. The first-order valence-electron chi connectivity index (χ1n) is 6.71. The number of benzene rings is 1. The molecular weight excluding hydrogens is 337 g/mol. The van der Waals surface area contributed by atoms with Crippen LogP contribution >= 0.6 is 23.2 Å². The summed E-state index contributed by atoms with van der Waals surface area (Å²) >= 11 is 12.2. The summed E-state index contributed by atoms with van der Waals surface area (Å²) in [4.78, 5) is 16.6. The standard InChI is InChI=1S/C15H9Cl2N5O/c1-21-14-13(9-4-5-18-7-11(9)17)19-20-22(14)12-3-2-8(16)6-10(12)15(21)23/h2-7H,1H3. The summed E-state index contributed by atoms with van der Waals surface area (Å²) in [5.74, 6) is 0. The topological polar surface area (TPSA) is 65.1 Å². The van der Waals surface area contributed by atoms with E-state index in [0.29, 0.717) is 37.9 Å². The lowest BCUT2D eigenvalue weighted by atomic mass is 10.2. The fourth-order valence-corrected chi connectivity index (χ4v) is 3.00. The molecular formula is C15H9Cl2N5O. The Morgan fingerprint density at radius 3 is 2.78 bits per heavy atom. The zero-order valence-corrected chi connectivity index (χ0v) is 13.4. The minimum absolute atomic E-state index is 0.177. The molecule has 0 saturated heterocycles. The predicted molar refractivity (Wildman–Crippen MR) is 89.0 cm³/mol. The maximum Gasteiger partial charge on any atom is 0.261 e. The van der Waals surface area contributed by atoms with Crippen molar-refractivity contribution >= 4 is 39.8 Å². The molecule has 4 aromatic rings. The predicted octanol–water partition coefficient (Wildman–Crippen LogP) is 2.95. The van der Waals surface area contributed by atoms with Crippen molar-refractivity contribution in [1.29, 1.82) is 0 Å². The Labute approximate surface area is 139 Å². The summed E-state index contributed by atoms with van der Waals surface area (Å²) in [7, 11) is 1.67. The van der Waals surface area contributed by atoms with Crippen LogP contribution in [-0.2, 0) is 7.05 Å². The van der Waals surface area contributed by atoms with Crippen molar-refractivity contribution in [2.24, 2.45) is 7.05 Å². The molecule has 0 aliphatic carbocycles. The van der Waals surface area contributed by atoms with Gasteiger partial charge in [-0.15, -0.1) is 5.10 Å². The van der Waals surface area contributed by atoms with Crippen LogP contribution in [0, 0.1) is 0 Å². The van der Waals surface area contributed by atoms with Crippen molar-refractivity contribution in [3.63, 3.8) is 0 Å². The van der Waals surface area contributed by atoms with E-state index in [2.05, 4.69) is 15.3 Å². The summed E-state index contributed by atoms with van der Waals surface area (Å²) in [6.45, 7) is 0. The van der Waals surface area contributed by atoms with Gasteiger partial charge in [0, 0.05) is 30.0 Å². The second-order valence-corrected chi connectivity index (χ2v) is 5.90. The molecule has 0 aliphatic rings. The Bertz CT molecular complexity index is 1130. The first-order chi connectivity index (χ1) is 11.1. The molecule has 0 bridgehead atoms. The first-order valence-corrected chi connectivity index (χ1v) is 7.47. The number of pyridine rings is 1. The van der Waals surface area contributed by atoms with E-state index in [1.807, 2.05) is 0 Å². The smallest absolute Gasteiger partial charge is 0.261 e. The number of fused-ring (bicyclic) bond motifs is 3. The van der Waals surface area contributed by atoms with Crippen molar-refractivity contribution in [2.75, 3.05) is 0 Å². The normalized spacial score (nSPS) is 11.4. The molecule has 3 aromatic heterocycles. The summed E-state index contributed by atoms with van der Waals surface area (Å²) < 4.78 is 3.10. The highest BCUT2D eigenvalue weighted by Gasteiger charge is 2.18. The highest BCUT2D eigenvalue weighted by atomic mass is 35.5. The summed E-state index contributed by atoms with van der Waals surface area (Å²) in [5.41, 5.74) is 2.20. The van der Waals surface area contributed by atoms with Crippen LogP contribution in [0.15, 0.2) is 41.5 Å². The van der Waals surface area contributed by atoms with Gasteiger partial charge in [0.2, 0.25) is 0 Å². The van der Waals surface area contributed by atoms with E-state index >= 15 is 0 Å². The van der Waals surface area contributed by atoms with Crippen molar-refractivity contribution < 1.29 is 0 Å². The van der Waals surface area contributed by atoms with Crippen LogP contribution in [0.1, 0.15) is 0 Å². The maximum absolute atomic E-state index is 12.7. The zero-order valence-electron chi connectivity index (χ0n) is 11.9. The monoisotopic (exact) mass is 345 g/mol. The van der Waals surface area contributed by atoms with Crippen LogP contribution in [0.25, 0.3) is 27.8 Å². The fraction of sp³-hybridized carbons (Fsp3) is 0.0667. The minimum atomic E-state index is -0.177. The molecule has 3 heterocycles. The number of rotatable bonds is 1. The molecule has 0 aliphatic heterocycles. The van der Waals surface area contributed by atoms with Gasteiger partial charge in [-0.05, 0) is 24.3 Å². The van der Waals surface area contributed by atoms with Crippen LogP contribution in [0.3, 0.4) is 0 Å². The Morgan fingerprint density at radius 2 is 2.00 bits per heavy atom. The molecule has 0 atom stereocenters. The fourth-order valence-electron chi connectivity index (χ4n) is 2.62. The van der Waals surface area contributed by atoms with E-state index in [0.717, 1.165) is 0 Å². The highest BCUT2D eigenvalue weighted by Crippen LogP contribution is 2.29. The van der Waals surface area contributed by atoms with Crippen LogP contribution < -0.4 is 5.56 Å². The number of halogens is 2. The second-order valence-electron chi connectivity index (χ2n) is 5.05. The average Bonchev–Trinajstić information content (AvgIpc) is 2.98. The molecule has 1 aromatic carbocycles. The van der Waals surface area contributed by atoms with Gasteiger partial charge < -0.3 is 0 Å². The molecule has 0 fully saturated rings. The first kappa shape index (κ1) is 14.2. The molecule has 0 radical (unpaired) electrons. The van der Waals surface area contributed by atoms with Gasteiger partial charge in [0.25, 0.3) is 5.56 Å². The molecule has 0 spiro atoms.